The summed E-state index contributed by atoms with van der Waals surface area (Å²) in [6.07, 6.45) is 0.560. The molecular formula is C23H24N4O4S. The molecule has 0 aliphatic carbocycles. The fourth-order valence-corrected chi connectivity index (χ4v) is 5.03. The van der Waals surface area contributed by atoms with Crippen molar-refractivity contribution < 1.29 is 9.53 Å². The molecule has 0 radical (unpaired) electrons. The molecule has 0 fully saturated rings. The van der Waals surface area contributed by atoms with Crippen molar-refractivity contribution in [3.05, 3.63) is 86.6 Å². The molecule has 1 amide bonds. The molecule has 0 bridgehead atoms. The van der Waals surface area contributed by atoms with Crippen molar-refractivity contribution in [2.45, 2.75) is 23.1 Å². The van der Waals surface area contributed by atoms with Crippen molar-refractivity contribution >= 4 is 29.2 Å². The van der Waals surface area contributed by atoms with Gasteiger partial charge in [0, 0.05) is 18.6 Å². The second-order valence-electron chi connectivity index (χ2n) is 7.47. The number of hydrogen-bond acceptors (Lipinski definition) is 6. The molecule has 1 unspecified atom stereocenters. The summed E-state index contributed by atoms with van der Waals surface area (Å²) in [5, 5.41) is -0.391. The highest BCUT2D eigenvalue weighted by molar-refractivity contribution is 8.01. The number of H-pyrrole nitrogens is 1. The van der Waals surface area contributed by atoms with Gasteiger partial charge in [-0.15, -0.1) is 11.8 Å². The van der Waals surface area contributed by atoms with E-state index in [-0.39, 0.29) is 37.1 Å². The number of nitrogens with two attached hydrogens (primary N) is 1. The third kappa shape index (κ3) is 4.35. The number of carbonyl (C=O) groups excluding carboxylic acids is 1. The van der Waals surface area contributed by atoms with Crippen LogP contribution in [0, 0.1) is 0 Å². The Labute approximate surface area is 189 Å². The van der Waals surface area contributed by atoms with E-state index in [4.69, 9.17) is 10.5 Å². The molecule has 166 valence electrons. The zero-order valence-corrected chi connectivity index (χ0v) is 18.4. The van der Waals surface area contributed by atoms with Crippen molar-refractivity contribution in [1.82, 2.24) is 9.55 Å². The maximum Gasteiger partial charge on any atom is 0.330 e. The summed E-state index contributed by atoms with van der Waals surface area (Å²) in [4.78, 5) is 43.6. The average Bonchev–Trinajstić information content (AvgIpc) is 3.23. The number of nitrogens with one attached hydrogen (secondary N) is 1. The number of ether oxygens (including phenoxy) is 1. The van der Waals surface area contributed by atoms with E-state index in [0.717, 1.165) is 16.0 Å². The Balaban J connectivity index is 1.72. The van der Waals surface area contributed by atoms with E-state index in [9.17, 15) is 14.4 Å². The van der Waals surface area contributed by atoms with Gasteiger partial charge in [0.25, 0.3) is 5.56 Å². The topological polar surface area (TPSA) is 110 Å². The number of rotatable bonds is 7. The number of thioether (sulfide) groups is 1. The Morgan fingerprint density at radius 1 is 1.19 bits per heavy atom. The molecule has 1 aliphatic heterocycles. The molecule has 1 aromatic heterocycles. The summed E-state index contributed by atoms with van der Waals surface area (Å²) in [7, 11) is 1.52. The first-order valence-corrected chi connectivity index (χ1v) is 11.1. The molecule has 0 saturated heterocycles. The summed E-state index contributed by atoms with van der Waals surface area (Å²) >= 11 is 1.47. The number of aromatic amines is 1. The van der Waals surface area contributed by atoms with Crippen molar-refractivity contribution in [2.24, 2.45) is 0 Å². The van der Waals surface area contributed by atoms with Crippen molar-refractivity contribution in [3.63, 3.8) is 0 Å². The first kappa shape index (κ1) is 21.9. The van der Waals surface area contributed by atoms with Crippen LogP contribution in [0.2, 0.25) is 0 Å². The predicted octanol–water partition coefficient (Wildman–Crippen LogP) is 1.86. The number of nitrogens with zero attached hydrogens (tertiary/aromatic N) is 2. The van der Waals surface area contributed by atoms with Crippen molar-refractivity contribution in [3.8, 4) is 0 Å². The van der Waals surface area contributed by atoms with Crippen LogP contribution in [0.3, 0.4) is 0 Å². The lowest BCUT2D eigenvalue weighted by atomic mass is 10.1. The van der Waals surface area contributed by atoms with E-state index in [1.54, 1.807) is 0 Å². The first-order valence-electron chi connectivity index (χ1n) is 10.2. The number of anilines is 2. The van der Waals surface area contributed by atoms with Gasteiger partial charge in [-0.05, 0) is 23.6 Å². The molecule has 4 rings (SSSR count). The summed E-state index contributed by atoms with van der Waals surface area (Å²) < 4.78 is 6.45. The predicted molar refractivity (Wildman–Crippen MR) is 125 cm³/mol. The Hall–Kier alpha value is -3.30. The van der Waals surface area contributed by atoms with Gasteiger partial charge in [-0.3, -0.25) is 19.1 Å². The molecule has 1 aliphatic rings. The highest BCUT2D eigenvalue weighted by atomic mass is 32.2. The van der Waals surface area contributed by atoms with E-state index in [1.807, 2.05) is 54.6 Å². The summed E-state index contributed by atoms with van der Waals surface area (Å²) in [5.41, 5.74) is 6.92. The minimum Gasteiger partial charge on any atom is -0.383 e. The Kier molecular flexibility index (Phi) is 6.48. The van der Waals surface area contributed by atoms with Crippen LogP contribution in [0.25, 0.3) is 0 Å². The molecule has 2 aromatic carbocycles. The number of methoxy groups -OCH3 is 1. The lowest BCUT2D eigenvalue weighted by Crippen LogP contribution is -2.45. The molecule has 8 nitrogen and oxygen atoms in total. The van der Waals surface area contributed by atoms with Crippen LogP contribution in [-0.2, 0) is 22.5 Å². The maximum absolute atomic E-state index is 13.5. The van der Waals surface area contributed by atoms with Gasteiger partial charge >= 0.3 is 5.69 Å². The third-order valence-electron chi connectivity index (χ3n) is 5.38. The number of aromatic nitrogens is 2. The Morgan fingerprint density at radius 2 is 1.91 bits per heavy atom. The van der Waals surface area contributed by atoms with Gasteiger partial charge in [0.2, 0.25) is 5.91 Å². The first-order chi connectivity index (χ1) is 15.5. The van der Waals surface area contributed by atoms with Gasteiger partial charge in [-0.2, -0.15) is 0 Å². The van der Waals surface area contributed by atoms with E-state index in [0.29, 0.717) is 6.42 Å². The molecular weight excluding hydrogens is 428 g/mol. The molecule has 32 heavy (non-hydrogen) atoms. The molecule has 1 atom stereocenters. The Bertz CT molecular complexity index is 1210. The van der Waals surface area contributed by atoms with Gasteiger partial charge in [-0.1, -0.05) is 48.5 Å². The minimum absolute atomic E-state index is 0.0286. The molecule has 0 saturated carbocycles. The molecule has 9 heteroatoms. The number of hydrogen-bond donors (Lipinski definition) is 2. The normalized spacial score (nSPS) is 14.8. The number of amides is 1. The quantitative estimate of drug-likeness (QED) is 0.566. The number of benzene rings is 2. The highest BCUT2D eigenvalue weighted by Crippen LogP contribution is 2.38. The van der Waals surface area contributed by atoms with Crippen LogP contribution in [0.1, 0.15) is 11.1 Å². The minimum atomic E-state index is -0.693. The van der Waals surface area contributed by atoms with Gasteiger partial charge in [0.15, 0.2) is 5.69 Å². The van der Waals surface area contributed by atoms with Crippen molar-refractivity contribution in [2.75, 3.05) is 30.9 Å². The monoisotopic (exact) mass is 452 g/mol. The van der Waals surface area contributed by atoms with E-state index in [1.165, 1.54) is 28.3 Å². The zero-order chi connectivity index (χ0) is 22.7. The van der Waals surface area contributed by atoms with Gasteiger partial charge in [-0.25, -0.2) is 4.79 Å². The summed E-state index contributed by atoms with van der Waals surface area (Å²) in [6, 6.07) is 17.1. The largest absolute Gasteiger partial charge is 0.383 e. The second-order valence-corrected chi connectivity index (χ2v) is 8.71. The van der Waals surface area contributed by atoms with E-state index < -0.39 is 16.5 Å². The van der Waals surface area contributed by atoms with Crippen LogP contribution in [-0.4, -0.2) is 41.0 Å². The highest BCUT2D eigenvalue weighted by Gasteiger charge is 2.34. The van der Waals surface area contributed by atoms with Gasteiger partial charge in [0.05, 0.1) is 18.4 Å². The number of nitrogen functional groups attached to an aromatic ring is 1. The number of fused-ring (bicyclic) bond motifs is 1. The van der Waals surface area contributed by atoms with Crippen LogP contribution in [0.4, 0.5) is 11.5 Å². The lowest BCUT2D eigenvalue weighted by Gasteiger charge is -2.26. The van der Waals surface area contributed by atoms with Crippen LogP contribution < -0.4 is 21.9 Å². The van der Waals surface area contributed by atoms with Crippen LogP contribution in [0.15, 0.2) is 69.1 Å². The smallest absolute Gasteiger partial charge is 0.330 e. The molecule has 2 heterocycles. The SMILES string of the molecule is COCCN(C(=O)C1Cc2ccccc2S1)c1c(N)n(Cc2ccccc2)c(=O)[nH]c1=O. The fraction of sp³-hybridized carbons (Fsp3) is 0.261. The van der Waals surface area contributed by atoms with Crippen LogP contribution >= 0.6 is 11.8 Å². The van der Waals surface area contributed by atoms with E-state index in [2.05, 4.69) is 4.98 Å². The lowest BCUT2D eigenvalue weighted by molar-refractivity contribution is -0.118. The summed E-state index contributed by atoms with van der Waals surface area (Å²) in [6.45, 7) is 0.525. The van der Waals surface area contributed by atoms with Crippen molar-refractivity contribution in [1.29, 1.82) is 0 Å². The maximum atomic E-state index is 13.5. The standard InChI is InChI=1S/C23H24N4O4S/c1-31-12-11-26(22(29)18-13-16-9-5-6-10-17(16)32-18)19-20(24)27(23(30)25-21(19)28)14-15-7-3-2-4-8-15/h2-10,18H,11-14,24H2,1H3,(H,25,28,30). The second kappa shape index (κ2) is 9.46. The third-order valence-corrected chi connectivity index (χ3v) is 6.68. The Morgan fingerprint density at radius 3 is 2.62 bits per heavy atom. The molecule has 0 spiro atoms. The number of carbonyl (C=O) groups is 1. The van der Waals surface area contributed by atoms with Crippen LogP contribution in [0.5, 0.6) is 0 Å². The van der Waals surface area contributed by atoms with Gasteiger partial charge < -0.3 is 15.4 Å². The average molecular weight is 453 g/mol. The van der Waals surface area contributed by atoms with E-state index >= 15 is 0 Å². The summed E-state index contributed by atoms with van der Waals surface area (Å²) in [5.74, 6) is -0.294. The molecule has 3 aromatic rings. The fourth-order valence-electron chi connectivity index (χ4n) is 3.77. The van der Waals surface area contributed by atoms with Gasteiger partial charge in [0.1, 0.15) is 5.82 Å². The molecule has 3 N–H and O–H groups in total. The zero-order valence-electron chi connectivity index (χ0n) is 17.6.